The Morgan fingerprint density at radius 1 is 0.943 bits per heavy atom. The normalized spacial score (nSPS) is 14.3. The second-order valence-corrected chi connectivity index (χ2v) is 10.3. The molecular formula is C30H33NO4. The Hall–Kier alpha value is -3.44. The van der Waals surface area contributed by atoms with Gasteiger partial charge in [-0.05, 0) is 81.3 Å². The number of carbonyl (C=O) groups excluding carboxylic acids is 1. The molecule has 0 aliphatic carbocycles. The summed E-state index contributed by atoms with van der Waals surface area (Å²) >= 11 is 0. The molecule has 0 bridgehead atoms. The Morgan fingerprint density at radius 2 is 1.60 bits per heavy atom. The summed E-state index contributed by atoms with van der Waals surface area (Å²) in [5, 5.41) is 13.4. The number of hydrogen-bond donors (Lipinski definition) is 2. The molecule has 4 rings (SSSR count). The number of ether oxygens (including phenoxy) is 1. The number of anilines is 1. The number of fused-ring (bicyclic) bond motifs is 3. The van der Waals surface area contributed by atoms with Crippen molar-refractivity contribution in [1.82, 2.24) is 0 Å². The van der Waals surface area contributed by atoms with E-state index in [9.17, 15) is 14.7 Å². The summed E-state index contributed by atoms with van der Waals surface area (Å²) in [5.74, 6) is -1.14. The molecule has 5 heteroatoms. The van der Waals surface area contributed by atoms with Gasteiger partial charge in [-0.2, -0.15) is 0 Å². The lowest BCUT2D eigenvalue weighted by Crippen LogP contribution is -2.29. The van der Waals surface area contributed by atoms with Gasteiger partial charge in [0.15, 0.2) is 6.10 Å². The van der Waals surface area contributed by atoms with Crippen LogP contribution >= 0.6 is 0 Å². The van der Waals surface area contributed by atoms with Gasteiger partial charge in [-0.25, -0.2) is 4.79 Å². The van der Waals surface area contributed by atoms with Gasteiger partial charge in [0.2, 0.25) is 5.91 Å². The van der Waals surface area contributed by atoms with Crippen molar-refractivity contribution in [2.45, 2.75) is 66.1 Å². The summed E-state index contributed by atoms with van der Waals surface area (Å²) in [4.78, 5) is 25.5. The van der Waals surface area contributed by atoms with Crippen molar-refractivity contribution >= 4 is 17.6 Å². The highest BCUT2D eigenvalue weighted by Crippen LogP contribution is 2.48. The molecule has 1 aliphatic heterocycles. The van der Waals surface area contributed by atoms with Crippen LogP contribution in [0.25, 0.3) is 22.3 Å². The molecule has 0 unspecified atom stereocenters. The van der Waals surface area contributed by atoms with E-state index in [1.807, 2.05) is 77.9 Å². The first-order valence-electron chi connectivity index (χ1n) is 12.0. The number of carboxylic acids is 1. The van der Waals surface area contributed by atoms with Crippen LogP contribution in [0.15, 0.2) is 48.5 Å². The highest BCUT2D eigenvalue weighted by Gasteiger charge is 2.34. The summed E-state index contributed by atoms with van der Waals surface area (Å²) in [7, 11) is 0. The lowest BCUT2D eigenvalue weighted by Gasteiger charge is -2.32. The first-order valence-corrected chi connectivity index (χ1v) is 12.0. The molecule has 1 heterocycles. The first kappa shape index (κ1) is 24.7. The lowest BCUT2D eigenvalue weighted by atomic mass is 9.80. The average Bonchev–Trinajstić information content (AvgIpc) is 2.78. The quantitative estimate of drug-likeness (QED) is 0.440. The molecule has 0 spiro atoms. The van der Waals surface area contributed by atoms with E-state index < -0.39 is 17.7 Å². The van der Waals surface area contributed by atoms with Crippen molar-refractivity contribution in [1.29, 1.82) is 0 Å². The lowest BCUT2D eigenvalue weighted by molar-refractivity contribution is -0.160. The number of amides is 1. The Balaban J connectivity index is 2.15. The van der Waals surface area contributed by atoms with E-state index >= 15 is 0 Å². The molecule has 0 fully saturated rings. The summed E-state index contributed by atoms with van der Waals surface area (Å²) < 4.78 is 6.14. The molecule has 0 radical (unpaired) electrons. The van der Waals surface area contributed by atoms with Gasteiger partial charge >= 0.3 is 5.97 Å². The fraction of sp³-hybridized carbons (Fsp3) is 0.333. The zero-order chi connectivity index (χ0) is 25.5. The Kier molecular flexibility index (Phi) is 6.56. The van der Waals surface area contributed by atoms with Gasteiger partial charge in [-0.1, -0.05) is 54.1 Å². The summed E-state index contributed by atoms with van der Waals surface area (Å²) in [5.41, 5.74) is 8.16. The van der Waals surface area contributed by atoms with E-state index in [-0.39, 0.29) is 5.91 Å². The molecule has 3 aromatic rings. The van der Waals surface area contributed by atoms with Crippen LogP contribution in [-0.2, 0) is 20.7 Å². The van der Waals surface area contributed by atoms with E-state index in [0.717, 1.165) is 38.9 Å². The minimum Gasteiger partial charge on any atom is -0.479 e. The van der Waals surface area contributed by atoms with E-state index in [0.29, 0.717) is 29.7 Å². The number of carbonyl (C=O) groups is 2. The predicted molar refractivity (Wildman–Crippen MR) is 140 cm³/mol. The molecule has 1 aliphatic rings. The molecule has 0 saturated carbocycles. The molecule has 2 N–H and O–H groups in total. The van der Waals surface area contributed by atoms with Gasteiger partial charge in [0.25, 0.3) is 0 Å². The SMILES string of the molecule is Cc1ccc(-c2c(C)c3c(c(C)c2[C@H](OC(C)(C)C)C(=O)O)NC(=O)CCc2ccccc2-3)cc1. The minimum atomic E-state index is -1.20. The number of rotatable bonds is 4. The molecule has 1 atom stereocenters. The fourth-order valence-corrected chi connectivity index (χ4v) is 4.96. The van der Waals surface area contributed by atoms with Crippen molar-refractivity contribution in [2.75, 3.05) is 5.32 Å². The van der Waals surface area contributed by atoms with Crippen LogP contribution < -0.4 is 5.32 Å². The topological polar surface area (TPSA) is 75.6 Å². The number of aliphatic carboxylic acids is 1. The standard InChI is InChI=1S/C30H33NO4/c1-17-11-13-21(14-12-17)24-18(2)25-22-10-8-7-9-20(22)15-16-23(32)31-27(25)19(3)26(24)28(29(33)34)35-30(4,5)6/h7-14,28H,15-16H2,1-6H3,(H,31,32)(H,33,34)/t28-/m0/s1. The molecule has 35 heavy (non-hydrogen) atoms. The molecule has 3 aromatic carbocycles. The van der Waals surface area contributed by atoms with Gasteiger partial charge in [0, 0.05) is 17.5 Å². The first-order chi connectivity index (χ1) is 16.5. The van der Waals surface area contributed by atoms with E-state index in [1.54, 1.807) is 0 Å². The highest BCUT2D eigenvalue weighted by molar-refractivity contribution is 6.02. The van der Waals surface area contributed by atoms with Crippen LogP contribution in [0.1, 0.15) is 61.1 Å². The molecule has 1 amide bonds. The van der Waals surface area contributed by atoms with Gasteiger partial charge in [0.1, 0.15) is 0 Å². The number of benzene rings is 3. The van der Waals surface area contributed by atoms with Gasteiger partial charge in [0.05, 0.1) is 11.3 Å². The van der Waals surface area contributed by atoms with E-state index in [2.05, 4.69) is 17.4 Å². The summed E-state index contributed by atoms with van der Waals surface area (Å²) in [6.45, 7) is 11.5. The Morgan fingerprint density at radius 3 is 2.23 bits per heavy atom. The zero-order valence-corrected chi connectivity index (χ0v) is 21.3. The third-order valence-corrected chi connectivity index (χ3v) is 6.52. The second-order valence-electron chi connectivity index (χ2n) is 10.3. The number of carboxylic acid groups (broad SMARTS) is 1. The van der Waals surface area contributed by atoms with Crippen molar-refractivity contribution < 1.29 is 19.4 Å². The average molecular weight is 472 g/mol. The van der Waals surface area contributed by atoms with Crippen LogP contribution in [0.5, 0.6) is 0 Å². The summed E-state index contributed by atoms with van der Waals surface area (Å²) in [6.07, 6.45) is -0.190. The van der Waals surface area contributed by atoms with Crippen LogP contribution in [0, 0.1) is 20.8 Å². The van der Waals surface area contributed by atoms with Crippen LogP contribution in [0.3, 0.4) is 0 Å². The maximum Gasteiger partial charge on any atom is 0.337 e. The Bertz CT molecular complexity index is 1300. The highest BCUT2D eigenvalue weighted by atomic mass is 16.5. The number of aryl methyl sites for hydroxylation is 2. The van der Waals surface area contributed by atoms with E-state index in [1.165, 1.54) is 0 Å². The molecular weight excluding hydrogens is 438 g/mol. The van der Waals surface area contributed by atoms with Crippen LogP contribution in [-0.4, -0.2) is 22.6 Å². The van der Waals surface area contributed by atoms with Gasteiger partial charge in [-0.3, -0.25) is 4.79 Å². The molecule has 5 nitrogen and oxygen atoms in total. The molecule has 182 valence electrons. The number of hydrogen-bond acceptors (Lipinski definition) is 3. The van der Waals surface area contributed by atoms with Crippen molar-refractivity contribution in [2.24, 2.45) is 0 Å². The third-order valence-electron chi connectivity index (χ3n) is 6.52. The van der Waals surface area contributed by atoms with Crippen LogP contribution in [0.4, 0.5) is 5.69 Å². The van der Waals surface area contributed by atoms with E-state index in [4.69, 9.17) is 4.74 Å². The minimum absolute atomic E-state index is 0.0825. The van der Waals surface area contributed by atoms with Gasteiger partial charge in [-0.15, -0.1) is 0 Å². The van der Waals surface area contributed by atoms with Crippen molar-refractivity contribution in [3.63, 3.8) is 0 Å². The smallest absolute Gasteiger partial charge is 0.337 e. The van der Waals surface area contributed by atoms with Gasteiger partial charge < -0.3 is 15.2 Å². The second kappa shape index (κ2) is 9.31. The number of nitrogens with one attached hydrogen (secondary N) is 1. The van der Waals surface area contributed by atoms with Crippen molar-refractivity contribution in [3.8, 4) is 22.3 Å². The maximum atomic E-state index is 12.8. The molecule has 0 aromatic heterocycles. The Labute approximate surface area is 207 Å². The maximum absolute atomic E-state index is 12.8. The fourth-order valence-electron chi connectivity index (χ4n) is 4.96. The molecule has 0 saturated heterocycles. The predicted octanol–water partition coefficient (Wildman–Crippen LogP) is 6.77. The largest absolute Gasteiger partial charge is 0.479 e. The zero-order valence-electron chi connectivity index (χ0n) is 21.3. The third kappa shape index (κ3) is 4.87. The van der Waals surface area contributed by atoms with Crippen molar-refractivity contribution in [3.05, 3.63) is 76.3 Å². The monoisotopic (exact) mass is 471 g/mol. The van der Waals surface area contributed by atoms with Crippen LogP contribution in [0.2, 0.25) is 0 Å². The summed E-state index contributed by atoms with van der Waals surface area (Å²) in [6, 6.07) is 16.2.